The fraction of sp³-hybridized carbons (Fsp3) is 0.556. The lowest BCUT2D eigenvalue weighted by Crippen LogP contribution is -2.44. The van der Waals surface area contributed by atoms with Gasteiger partial charge in [0.2, 0.25) is 5.67 Å². The third kappa shape index (κ3) is 4.44. The first kappa shape index (κ1) is 20.8. The van der Waals surface area contributed by atoms with E-state index in [1.165, 1.54) is 12.3 Å². The first-order valence-electron chi connectivity index (χ1n) is 8.51. The van der Waals surface area contributed by atoms with E-state index >= 15 is 4.39 Å². The summed E-state index contributed by atoms with van der Waals surface area (Å²) in [6.07, 6.45) is -2.15. The number of aromatic nitrogens is 2. The van der Waals surface area contributed by atoms with E-state index in [2.05, 4.69) is 10.7 Å². The minimum atomic E-state index is -2.49. The van der Waals surface area contributed by atoms with Gasteiger partial charge in [0.15, 0.2) is 6.23 Å². The molecule has 0 spiro atoms. The van der Waals surface area contributed by atoms with Crippen LogP contribution in [0.1, 0.15) is 33.9 Å². The van der Waals surface area contributed by atoms with E-state index in [0.29, 0.717) is 5.57 Å². The molecule has 148 valence electrons. The third-order valence-corrected chi connectivity index (χ3v) is 4.04. The highest BCUT2D eigenvalue weighted by Crippen LogP contribution is 2.42. The van der Waals surface area contributed by atoms with E-state index in [9.17, 15) is 14.7 Å². The van der Waals surface area contributed by atoms with Crippen LogP contribution in [0.2, 0.25) is 0 Å². The summed E-state index contributed by atoms with van der Waals surface area (Å²) in [4.78, 5) is 27.4. The molecule has 2 heterocycles. The molecular weight excluding hydrogens is 357 g/mol. The van der Waals surface area contributed by atoms with E-state index in [1.54, 1.807) is 27.7 Å². The predicted octanol–water partition coefficient (Wildman–Crippen LogP) is 1.11. The predicted molar refractivity (Wildman–Crippen MR) is 95.4 cm³/mol. The minimum Gasteiger partial charge on any atom is -0.463 e. The number of ether oxygens (including phenoxy) is 2. The Balaban J connectivity index is 2.41. The number of alkyl halides is 1. The van der Waals surface area contributed by atoms with Crippen LogP contribution in [0.25, 0.3) is 0 Å². The van der Waals surface area contributed by atoms with Crippen LogP contribution in [-0.2, 0) is 14.3 Å². The van der Waals surface area contributed by atoms with Crippen LogP contribution >= 0.6 is 0 Å². The summed E-state index contributed by atoms with van der Waals surface area (Å²) in [7, 11) is 0. The van der Waals surface area contributed by atoms with Crippen LogP contribution in [0.4, 0.5) is 10.2 Å². The van der Waals surface area contributed by atoms with Crippen LogP contribution in [0.3, 0.4) is 0 Å². The molecule has 0 aromatic carbocycles. The van der Waals surface area contributed by atoms with Gasteiger partial charge in [0.25, 0.3) is 0 Å². The monoisotopic (exact) mass is 381 g/mol. The number of carbonyl (C=O) groups is 1. The van der Waals surface area contributed by atoms with Gasteiger partial charge in [0.05, 0.1) is 5.92 Å². The Morgan fingerprint density at radius 1 is 1.59 bits per heavy atom. The van der Waals surface area contributed by atoms with Crippen molar-refractivity contribution in [3.63, 3.8) is 0 Å². The molecule has 1 aliphatic rings. The number of nitrogens with two attached hydrogens (primary N) is 1. The molecule has 3 N–H and O–H groups in total. The van der Waals surface area contributed by atoms with Gasteiger partial charge in [-0.15, -0.1) is 5.73 Å². The van der Waals surface area contributed by atoms with Crippen molar-refractivity contribution < 1.29 is 23.8 Å². The van der Waals surface area contributed by atoms with Crippen molar-refractivity contribution in [1.29, 1.82) is 0 Å². The number of nitrogens with zero attached hydrogens (tertiary/aromatic N) is 2. The molecule has 0 aliphatic carbocycles. The number of anilines is 1. The number of aliphatic hydroxyl groups excluding tert-OH is 1. The lowest BCUT2D eigenvalue weighted by Gasteiger charge is -2.25. The Labute approximate surface area is 156 Å². The normalized spacial score (nSPS) is 27.3. The van der Waals surface area contributed by atoms with Gasteiger partial charge in [-0.2, -0.15) is 4.98 Å². The molecule has 0 radical (unpaired) electrons. The van der Waals surface area contributed by atoms with Gasteiger partial charge in [-0.3, -0.25) is 9.36 Å². The number of esters is 1. The smallest absolute Gasteiger partial charge is 0.351 e. The highest BCUT2D eigenvalue weighted by Gasteiger charge is 2.57. The number of rotatable bonds is 5. The van der Waals surface area contributed by atoms with Crippen LogP contribution in [0.5, 0.6) is 0 Å². The van der Waals surface area contributed by atoms with Gasteiger partial charge < -0.3 is 20.3 Å². The average molecular weight is 381 g/mol. The number of aliphatic hydroxyl groups is 1. The molecule has 1 aromatic rings. The van der Waals surface area contributed by atoms with Crippen molar-refractivity contribution in [2.75, 3.05) is 12.3 Å². The van der Waals surface area contributed by atoms with Crippen LogP contribution in [0, 0.1) is 5.92 Å². The van der Waals surface area contributed by atoms with Crippen molar-refractivity contribution in [3.05, 3.63) is 40.1 Å². The molecule has 1 saturated heterocycles. The molecule has 9 heteroatoms. The molecule has 27 heavy (non-hydrogen) atoms. The largest absolute Gasteiger partial charge is 0.463 e. The first-order chi connectivity index (χ1) is 12.6. The summed E-state index contributed by atoms with van der Waals surface area (Å²) in [6, 6.07) is 1.31. The van der Waals surface area contributed by atoms with Gasteiger partial charge in [0, 0.05) is 12.3 Å². The van der Waals surface area contributed by atoms with Crippen LogP contribution in [-0.4, -0.2) is 45.1 Å². The third-order valence-electron chi connectivity index (χ3n) is 4.04. The zero-order chi connectivity index (χ0) is 20.4. The number of nitrogen functional groups attached to an aromatic ring is 1. The molecule has 0 saturated carbocycles. The molecule has 0 bridgehead atoms. The van der Waals surface area contributed by atoms with Crippen molar-refractivity contribution in [2.24, 2.45) is 5.92 Å². The Hall–Kier alpha value is -2.48. The fourth-order valence-corrected chi connectivity index (χ4v) is 2.53. The summed E-state index contributed by atoms with van der Waals surface area (Å²) in [5, 5.41) is 10.5. The minimum absolute atomic E-state index is 0.0264. The Morgan fingerprint density at radius 2 is 2.26 bits per heavy atom. The van der Waals surface area contributed by atoms with Gasteiger partial charge in [-0.1, -0.05) is 13.8 Å². The van der Waals surface area contributed by atoms with E-state index in [-0.39, 0.29) is 18.3 Å². The quantitative estimate of drug-likeness (QED) is 0.580. The maximum Gasteiger partial charge on any atom is 0.351 e. The van der Waals surface area contributed by atoms with Crippen molar-refractivity contribution in [2.45, 2.75) is 51.8 Å². The molecule has 4 atom stereocenters. The zero-order valence-electron chi connectivity index (χ0n) is 15.7. The van der Waals surface area contributed by atoms with Gasteiger partial charge in [0.1, 0.15) is 24.6 Å². The molecular formula is C18H24FN3O5. The fourth-order valence-electron chi connectivity index (χ4n) is 2.53. The summed E-state index contributed by atoms with van der Waals surface area (Å²) >= 11 is 0. The summed E-state index contributed by atoms with van der Waals surface area (Å²) in [6.45, 7) is 6.34. The topological polar surface area (TPSA) is 117 Å². The maximum absolute atomic E-state index is 15.8. The van der Waals surface area contributed by atoms with Gasteiger partial charge in [-0.05, 0) is 25.5 Å². The highest BCUT2D eigenvalue weighted by molar-refractivity contribution is 5.71. The molecule has 8 nitrogen and oxygen atoms in total. The Kier molecular flexibility index (Phi) is 6.20. The van der Waals surface area contributed by atoms with Gasteiger partial charge in [-0.25, -0.2) is 9.18 Å². The lowest BCUT2D eigenvalue weighted by atomic mass is 9.95. The van der Waals surface area contributed by atoms with Crippen molar-refractivity contribution in [1.82, 2.24) is 9.55 Å². The molecule has 1 aliphatic heterocycles. The zero-order valence-corrected chi connectivity index (χ0v) is 15.7. The Morgan fingerprint density at radius 3 is 2.81 bits per heavy atom. The summed E-state index contributed by atoms with van der Waals surface area (Å²) in [5.74, 6) is -0.921. The highest BCUT2D eigenvalue weighted by atomic mass is 19.1. The number of carbonyl (C=O) groups excluding carboxylic acids is 1. The van der Waals surface area contributed by atoms with E-state index in [0.717, 1.165) is 10.6 Å². The van der Waals surface area contributed by atoms with E-state index < -0.39 is 35.8 Å². The van der Waals surface area contributed by atoms with Crippen LogP contribution in [0.15, 0.2) is 34.4 Å². The molecule has 1 fully saturated rings. The second kappa shape index (κ2) is 8.04. The average Bonchev–Trinajstić information content (AvgIpc) is 2.83. The number of hydrogen-bond acceptors (Lipinski definition) is 7. The van der Waals surface area contributed by atoms with E-state index in [1.807, 2.05) is 0 Å². The standard InChI is InChI=1S/C18H24FN3O5/c1-10(2)5-7-18(19)14(23)12(9-26-15(24)11(3)4)27-16(18)22-8-6-13(20)21-17(22)25/h6-8,11-12,14,16,23H,9H2,1-4H3,(H2,20,21,25)/t12-,14-,16-,18-/m1/s1. The molecule has 2 rings (SSSR count). The molecule has 0 amide bonds. The van der Waals surface area contributed by atoms with Crippen molar-refractivity contribution >= 4 is 11.8 Å². The summed E-state index contributed by atoms with van der Waals surface area (Å²) < 4.78 is 27.3. The maximum atomic E-state index is 15.8. The SMILES string of the molecule is CC(C)=C=C[C@@]1(F)[C@H](O)[C@@H](COC(=O)C(C)C)O[C@H]1n1ccc(N)nc1=O. The van der Waals surface area contributed by atoms with Crippen LogP contribution < -0.4 is 11.4 Å². The summed E-state index contributed by atoms with van der Waals surface area (Å²) in [5.41, 5.74) is 5.50. The first-order valence-corrected chi connectivity index (χ1v) is 8.51. The lowest BCUT2D eigenvalue weighted by molar-refractivity contribution is -0.153. The second-order valence-electron chi connectivity index (χ2n) is 6.91. The molecule has 1 aromatic heterocycles. The Bertz CT molecular complexity index is 827. The van der Waals surface area contributed by atoms with E-state index in [4.69, 9.17) is 15.2 Å². The van der Waals surface area contributed by atoms with Crippen molar-refractivity contribution in [3.8, 4) is 0 Å². The van der Waals surface area contributed by atoms with Gasteiger partial charge >= 0.3 is 11.7 Å². The molecule has 0 unspecified atom stereocenters. The number of hydrogen-bond donors (Lipinski definition) is 2. The second-order valence-corrected chi connectivity index (χ2v) is 6.91. The number of halogens is 1.